The predicted octanol–water partition coefficient (Wildman–Crippen LogP) is 1.72. The van der Waals surface area contributed by atoms with Crippen LogP contribution in [0.3, 0.4) is 0 Å². The van der Waals surface area contributed by atoms with Crippen LogP contribution < -0.4 is 4.74 Å². The summed E-state index contributed by atoms with van der Waals surface area (Å²) in [6.45, 7) is 0. The Kier molecular flexibility index (Phi) is 5.14. The van der Waals surface area contributed by atoms with Crippen molar-refractivity contribution in [2.24, 2.45) is 0 Å². The predicted molar refractivity (Wildman–Crippen MR) is 61.7 cm³/mol. The Morgan fingerprint density at radius 3 is 2.33 bits per heavy atom. The highest BCUT2D eigenvalue weighted by molar-refractivity contribution is 5.75. The summed E-state index contributed by atoms with van der Waals surface area (Å²) in [7, 11) is 0. The van der Waals surface area contributed by atoms with E-state index in [2.05, 4.69) is 4.74 Å². The zero-order valence-corrected chi connectivity index (χ0v) is 10.4. The Morgan fingerprint density at radius 2 is 1.86 bits per heavy atom. The van der Waals surface area contributed by atoms with Crippen molar-refractivity contribution in [1.82, 2.24) is 0 Å². The first-order valence-corrected chi connectivity index (χ1v) is 5.62. The van der Waals surface area contributed by atoms with E-state index in [1.807, 2.05) is 0 Å². The van der Waals surface area contributed by atoms with Crippen molar-refractivity contribution in [2.45, 2.75) is 25.3 Å². The molecule has 116 valence electrons. The molecule has 1 aromatic carbocycles. The summed E-state index contributed by atoms with van der Waals surface area (Å²) in [5.41, 5.74) is -0.655. The van der Waals surface area contributed by atoms with Gasteiger partial charge in [-0.15, -0.1) is 13.2 Å². The lowest BCUT2D eigenvalue weighted by Crippen LogP contribution is -2.20. The lowest BCUT2D eigenvalue weighted by Gasteiger charge is -2.17. The number of aliphatic hydroxyl groups excluding tert-OH is 1. The van der Waals surface area contributed by atoms with Crippen LogP contribution in [0.5, 0.6) is 5.75 Å². The monoisotopic (exact) mass is 308 g/mol. The van der Waals surface area contributed by atoms with Crippen LogP contribution in [0.1, 0.15) is 23.7 Å². The number of halogens is 3. The van der Waals surface area contributed by atoms with Crippen molar-refractivity contribution >= 4 is 11.9 Å². The minimum atomic E-state index is -5.02. The summed E-state index contributed by atoms with van der Waals surface area (Å²) < 4.78 is 40.6. The number of carbonyl (C=O) groups is 2. The second-order valence-electron chi connectivity index (χ2n) is 4.01. The van der Waals surface area contributed by atoms with Gasteiger partial charge in [0.25, 0.3) is 0 Å². The van der Waals surface area contributed by atoms with Gasteiger partial charge >= 0.3 is 18.3 Å². The number of carboxylic acids is 2. The molecular weight excluding hydrogens is 297 g/mol. The van der Waals surface area contributed by atoms with Crippen LogP contribution >= 0.6 is 0 Å². The second kappa shape index (κ2) is 6.44. The van der Waals surface area contributed by atoms with Crippen molar-refractivity contribution in [3.8, 4) is 5.75 Å². The average Bonchev–Trinajstić information content (AvgIpc) is 2.33. The summed E-state index contributed by atoms with van der Waals surface area (Å²) >= 11 is 0. The third kappa shape index (κ3) is 4.95. The van der Waals surface area contributed by atoms with E-state index in [1.165, 1.54) is 0 Å². The van der Waals surface area contributed by atoms with Crippen LogP contribution in [0.4, 0.5) is 13.2 Å². The molecule has 0 aromatic heterocycles. The summed E-state index contributed by atoms with van der Waals surface area (Å²) in [6.07, 6.45) is -8.06. The van der Waals surface area contributed by atoms with Gasteiger partial charge in [0.05, 0.1) is 0 Å². The molecule has 3 N–H and O–H groups in total. The molecular formula is C12H11F3O6. The molecule has 0 aliphatic carbocycles. The van der Waals surface area contributed by atoms with Crippen molar-refractivity contribution in [1.29, 1.82) is 0 Å². The third-order valence-electron chi connectivity index (χ3n) is 2.51. The van der Waals surface area contributed by atoms with Gasteiger partial charge in [-0.25, -0.2) is 4.79 Å². The molecule has 0 aliphatic heterocycles. The quantitative estimate of drug-likeness (QED) is 0.739. The molecule has 0 saturated heterocycles. The van der Waals surface area contributed by atoms with E-state index in [0.29, 0.717) is 0 Å². The van der Waals surface area contributed by atoms with Gasteiger partial charge in [-0.1, -0.05) is 12.1 Å². The van der Waals surface area contributed by atoms with Gasteiger partial charge < -0.3 is 20.1 Å². The van der Waals surface area contributed by atoms with E-state index in [-0.39, 0.29) is 11.1 Å². The molecule has 0 aliphatic rings. The van der Waals surface area contributed by atoms with Gasteiger partial charge in [-0.05, 0) is 18.1 Å². The molecule has 0 bridgehead atoms. The highest BCUT2D eigenvalue weighted by Crippen LogP contribution is 2.32. The molecule has 21 heavy (non-hydrogen) atoms. The van der Waals surface area contributed by atoms with Crippen LogP contribution in [-0.2, 0) is 16.0 Å². The maximum absolute atomic E-state index is 12.3. The van der Waals surface area contributed by atoms with Crippen molar-refractivity contribution in [3.63, 3.8) is 0 Å². The first-order valence-electron chi connectivity index (χ1n) is 5.62. The fraction of sp³-hybridized carbons (Fsp3) is 0.333. The average molecular weight is 308 g/mol. The normalized spacial score (nSPS) is 12.8. The van der Waals surface area contributed by atoms with E-state index in [0.717, 1.165) is 18.2 Å². The molecule has 1 unspecified atom stereocenters. The van der Waals surface area contributed by atoms with Gasteiger partial charge in [0, 0.05) is 12.0 Å². The molecule has 0 heterocycles. The molecule has 0 fully saturated rings. The van der Waals surface area contributed by atoms with Crippen LogP contribution in [0.2, 0.25) is 0 Å². The van der Waals surface area contributed by atoms with E-state index in [4.69, 9.17) is 10.2 Å². The molecule has 1 rings (SSSR count). The SMILES string of the molecule is O=C(O)CCc1c(OC(F)(F)F)cccc1C(O)C(=O)O. The van der Waals surface area contributed by atoms with Crippen LogP contribution in [-0.4, -0.2) is 33.6 Å². The number of ether oxygens (including phenoxy) is 1. The number of rotatable bonds is 6. The van der Waals surface area contributed by atoms with E-state index in [9.17, 15) is 27.9 Å². The fourth-order valence-electron chi connectivity index (χ4n) is 1.69. The fourth-order valence-corrected chi connectivity index (χ4v) is 1.69. The van der Waals surface area contributed by atoms with Gasteiger partial charge in [0.2, 0.25) is 0 Å². The maximum Gasteiger partial charge on any atom is 0.573 e. The lowest BCUT2D eigenvalue weighted by molar-refractivity contribution is -0.274. The van der Waals surface area contributed by atoms with Gasteiger partial charge in [-0.3, -0.25) is 4.79 Å². The largest absolute Gasteiger partial charge is 0.573 e. The number of hydrogen-bond donors (Lipinski definition) is 3. The Hall–Kier alpha value is -2.29. The minimum Gasteiger partial charge on any atom is -0.481 e. The summed E-state index contributed by atoms with van der Waals surface area (Å²) in [5, 5.41) is 26.8. The van der Waals surface area contributed by atoms with Crippen LogP contribution in [0.25, 0.3) is 0 Å². The number of alkyl halides is 3. The molecule has 0 spiro atoms. The van der Waals surface area contributed by atoms with Crippen LogP contribution in [0.15, 0.2) is 18.2 Å². The third-order valence-corrected chi connectivity index (χ3v) is 2.51. The lowest BCUT2D eigenvalue weighted by atomic mass is 9.97. The highest BCUT2D eigenvalue weighted by atomic mass is 19.4. The molecule has 1 aromatic rings. The number of hydrogen-bond acceptors (Lipinski definition) is 4. The molecule has 1 atom stereocenters. The van der Waals surface area contributed by atoms with Gasteiger partial charge in [0.1, 0.15) is 5.75 Å². The highest BCUT2D eigenvalue weighted by Gasteiger charge is 2.33. The second-order valence-corrected chi connectivity index (χ2v) is 4.01. The smallest absolute Gasteiger partial charge is 0.481 e. The van der Waals surface area contributed by atoms with Crippen molar-refractivity contribution < 1.29 is 42.8 Å². The van der Waals surface area contributed by atoms with Gasteiger partial charge in [-0.2, -0.15) is 0 Å². The standard InChI is InChI=1S/C12H11F3O6/c13-12(14,15)21-8-3-1-2-7(10(18)11(19)20)6(8)4-5-9(16)17/h1-3,10,18H,4-5H2,(H,16,17)(H,19,20). The first kappa shape index (κ1) is 16.8. The zero-order valence-electron chi connectivity index (χ0n) is 10.4. The van der Waals surface area contributed by atoms with E-state index < -0.39 is 43.0 Å². The van der Waals surface area contributed by atoms with E-state index in [1.54, 1.807) is 0 Å². The van der Waals surface area contributed by atoms with E-state index >= 15 is 0 Å². The first-order chi connectivity index (χ1) is 9.61. The number of benzene rings is 1. The summed E-state index contributed by atoms with van der Waals surface area (Å²) in [4.78, 5) is 21.3. The number of aliphatic carboxylic acids is 2. The molecule has 0 amide bonds. The number of carboxylic acid groups (broad SMARTS) is 2. The maximum atomic E-state index is 12.3. The van der Waals surface area contributed by atoms with Crippen molar-refractivity contribution in [3.05, 3.63) is 29.3 Å². The zero-order chi connectivity index (χ0) is 16.2. The number of aliphatic hydroxyl groups is 1. The Labute approximate surface area is 116 Å². The topological polar surface area (TPSA) is 104 Å². The van der Waals surface area contributed by atoms with Gasteiger partial charge in [0.15, 0.2) is 6.10 Å². The summed E-state index contributed by atoms with van der Waals surface area (Å²) in [6, 6.07) is 3.09. The molecule has 0 radical (unpaired) electrons. The Morgan fingerprint density at radius 1 is 1.24 bits per heavy atom. The Bertz CT molecular complexity index is 540. The molecule has 9 heteroatoms. The van der Waals surface area contributed by atoms with Crippen molar-refractivity contribution in [2.75, 3.05) is 0 Å². The molecule has 0 saturated carbocycles. The molecule has 6 nitrogen and oxygen atoms in total. The minimum absolute atomic E-state index is 0.313. The summed E-state index contributed by atoms with van der Waals surface area (Å²) in [5.74, 6) is -3.69. The Balaban J connectivity index is 3.26. The van der Waals surface area contributed by atoms with Crippen LogP contribution in [0, 0.1) is 0 Å².